The fraction of sp³-hybridized carbons (Fsp3) is 0.632. The molecule has 0 aliphatic carbocycles. The minimum Gasteiger partial charge on any atom is -0.392 e. The van der Waals surface area contributed by atoms with Crippen LogP contribution in [0, 0.1) is 0 Å². The number of unbranched alkanes of at least 4 members (excludes halogenated alkanes) is 7. The van der Waals surface area contributed by atoms with Gasteiger partial charge in [0, 0.05) is 5.75 Å². The van der Waals surface area contributed by atoms with E-state index in [4.69, 9.17) is 0 Å². The minimum atomic E-state index is -0.228. The van der Waals surface area contributed by atoms with Gasteiger partial charge in [-0.3, -0.25) is 0 Å². The lowest BCUT2D eigenvalue weighted by Crippen LogP contribution is -2.09. The van der Waals surface area contributed by atoms with Gasteiger partial charge in [0.05, 0.1) is 17.1 Å². The summed E-state index contributed by atoms with van der Waals surface area (Å²) >= 11 is 1.61. The molecule has 2 rings (SSSR count). The van der Waals surface area contributed by atoms with Crippen LogP contribution in [0.2, 0.25) is 0 Å². The highest BCUT2D eigenvalue weighted by Crippen LogP contribution is 2.21. The Hall–Kier alpha value is -1.00. The van der Waals surface area contributed by atoms with E-state index in [-0.39, 0.29) is 6.10 Å². The van der Waals surface area contributed by atoms with E-state index in [1.54, 1.807) is 11.8 Å². The van der Waals surface area contributed by atoms with Crippen molar-refractivity contribution in [1.29, 1.82) is 0 Å². The molecule has 0 saturated heterocycles. The summed E-state index contributed by atoms with van der Waals surface area (Å²) in [5.41, 5.74) is 2.06. The van der Waals surface area contributed by atoms with E-state index in [9.17, 15) is 5.11 Å². The molecule has 1 heterocycles. The van der Waals surface area contributed by atoms with Gasteiger partial charge in [-0.05, 0) is 18.6 Å². The Morgan fingerprint density at radius 1 is 1.04 bits per heavy atom. The molecule has 3 nitrogen and oxygen atoms in total. The number of rotatable bonds is 12. The Morgan fingerprint density at radius 3 is 2.48 bits per heavy atom. The number of H-pyrrole nitrogens is 1. The summed E-state index contributed by atoms with van der Waals surface area (Å²) in [6, 6.07) is 8.04. The van der Waals surface area contributed by atoms with Crippen molar-refractivity contribution >= 4 is 22.8 Å². The Balaban J connectivity index is 1.54. The van der Waals surface area contributed by atoms with Gasteiger partial charge < -0.3 is 10.1 Å². The maximum atomic E-state index is 10.1. The number of aliphatic hydroxyl groups excluding tert-OH is 1. The van der Waals surface area contributed by atoms with Gasteiger partial charge in [-0.25, -0.2) is 4.98 Å². The summed E-state index contributed by atoms with van der Waals surface area (Å²) in [4.78, 5) is 7.82. The van der Waals surface area contributed by atoms with Crippen LogP contribution >= 0.6 is 11.8 Å². The molecule has 0 aliphatic heterocycles. The first-order valence-electron chi connectivity index (χ1n) is 9.05. The monoisotopic (exact) mass is 334 g/mol. The number of aliphatic hydroxyl groups is 1. The van der Waals surface area contributed by atoms with Crippen LogP contribution in [0.5, 0.6) is 0 Å². The third-order valence-electron chi connectivity index (χ3n) is 4.17. The standard InChI is InChI=1S/C19H30N2OS/c1-2-3-4-5-6-7-8-9-12-16(22)15-23-19-20-17-13-10-11-14-18(17)21-19/h10-11,13-14,16,22H,2-9,12,15H2,1H3,(H,20,21). The number of hydrogen-bond donors (Lipinski definition) is 2. The van der Waals surface area contributed by atoms with Gasteiger partial charge >= 0.3 is 0 Å². The Kier molecular flexibility index (Phi) is 8.54. The molecule has 4 heteroatoms. The molecule has 1 aromatic carbocycles. The van der Waals surface area contributed by atoms with Crippen LogP contribution in [-0.4, -0.2) is 26.9 Å². The van der Waals surface area contributed by atoms with Crippen molar-refractivity contribution in [3.63, 3.8) is 0 Å². The van der Waals surface area contributed by atoms with E-state index in [0.29, 0.717) is 0 Å². The summed E-state index contributed by atoms with van der Waals surface area (Å²) in [5.74, 6) is 0.719. The van der Waals surface area contributed by atoms with Gasteiger partial charge in [-0.15, -0.1) is 0 Å². The van der Waals surface area contributed by atoms with Crippen LogP contribution in [0.15, 0.2) is 29.4 Å². The number of thioether (sulfide) groups is 1. The lowest BCUT2D eigenvalue weighted by molar-refractivity contribution is 0.184. The predicted octanol–water partition coefficient (Wildman–Crippen LogP) is 5.55. The summed E-state index contributed by atoms with van der Waals surface area (Å²) < 4.78 is 0. The van der Waals surface area contributed by atoms with Crippen molar-refractivity contribution in [2.24, 2.45) is 0 Å². The van der Waals surface area contributed by atoms with Crippen molar-refractivity contribution in [1.82, 2.24) is 9.97 Å². The van der Waals surface area contributed by atoms with Crippen LogP contribution in [0.4, 0.5) is 0 Å². The number of para-hydroxylation sites is 2. The summed E-state index contributed by atoms with van der Waals surface area (Å²) in [6.07, 6.45) is 11.2. The zero-order valence-corrected chi connectivity index (χ0v) is 15.1. The number of hydrogen-bond acceptors (Lipinski definition) is 3. The van der Waals surface area contributed by atoms with Crippen molar-refractivity contribution < 1.29 is 5.11 Å². The van der Waals surface area contributed by atoms with E-state index >= 15 is 0 Å². The first-order valence-corrected chi connectivity index (χ1v) is 10.0. The highest BCUT2D eigenvalue weighted by Gasteiger charge is 2.08. The molecule has 128 valence electrons. The zero-order valence-electron chi connectivity index (χ0n) is 14.3. The Morgan fingerprint density at radius 2 is 1.74 bits per heavy atom. The lowest BCUT2D eigenvalue weighted by atomic mass is 10.1. The van der Waals surface area contributed by atoms with E-state index in [1.807, 2.05) is 24.3 Å². The van der Waals surface area contributed by atoms with E-state index in [2.05, 4.69) is 16.9 Å². The second-order valence-corrected chi connectivity index (χ2v) is 7.30. The smallest absolute Gasteiger partial charge is 0.166 e. The maximum Gasteiger partial charge on any atom is 0.166 e. The highest BCUT2D eigenvalue weighted by atomic mass is 32.2. The van der Waals surface area contributed by atoms with Crippen LogP contribution in [0.25, 0.3) is 11.0 Å². The van der Waals surface area contributed by atoms with Crippen LogP contribution in [-0.2, 0) is 0 Å². The molecule has 1 unspecified atom stereocenters. The van der Waals surface area contributed by atoms with Gasteiger partial charge in [0.1, 0.15) is 0 Å². The molecular formula is C19H30N2OS. The van der Waals surface area contributed by atoms with Crippen molar-refractivity contribution in [3.05, 3.63) is 24.3 Å². The number of nitrogens with one attached hydrogen (secondary N) is 1. The second-order valence-electron chi connectivity index (χ2n) is 6.29. The lowest BCUT2D eigenvalue weighted by Gasteiger charge is -2.08. The average Bonchev–Trinajstić information content (AvgIpc) is 2.98. The molecule has 0 saturated carbocycles. The summed E-state index contributed by atoms with van der Waals surface area (Å²) in [6.45, 7) is 2.25. The van der Waals surface area contributed by atoms with Gasteiger partial charge in [-0.2, -0.15) is 0 Å². The third-order valence-corrected chi connectivity index (χ3v) is 5.19. The third kappa shape index (κ3) is 6.96. The van der Waals surface area contributed by atoms with Gasteiger partial charge in [-0.1, -0.05) is 82.2 Å². The van der Waals surface area contributed by atoms with Crippen molar-refractivity contribution in [2.75, 3.05) is 5.75 Å². The molecule has 2 aromatic rings. The molecule has 0 amide bonds. The van der Waals surface area contributed by atoms with Gasteiger partial charge in [0.2, 0.25) is 0 Å². The molecule has 0 fully saturated rings. The fourth-order valence-electron chi connectivity index (χ4n) is 2.77. The van der Waals surface area contributed by atoms with Crippen molar-refractivity contribution in [3.8, 4) is 0 Å². The fourth-order valence-corrected chi connectivity index (χ4v) is 3.63. The summed E-state index contributed by atoms with van der Waals surface area (Å²) in [7, 11) is 0. The van der Waals surface area contributed by atoms with E-state index in [1.165, 1.54) is 44.9 Å². The molecule has 0 aliphatic rings. The number of imidazole rings is 1. The molecule has 2 N–H and O–H groups in total. The number of nitrogens with zero attached hydrogens (tertiary/aromatic N) is 1. The maximum absolute atomic E-state index is 10.1. The number of benzene rings is 1. The largest absolute Gasteiger partial charge is 0.392 e. The molecule has 0 spiro atoms. The Bertz CT molecular complexity index is 522. The minimum absolute atomic E-state index is 0.228. The van der Waals surface area contributed by atoms with E-state index in [0.717, 1.165) is 34.8 Å². The van der Waals surface area contributed by atoms with E-state index < -0.39 is 0 Å². The highest BCUT2D eigenvalue weighted by molar-refractivity contribution is 7.99. The van der Waals surface area contributed by atoms with Gasteiger partial charge in [0.25, 0.3) is 0 Å². The molecule has 1 atom stereocenters. The second kappa shape index (κ2) is 10.7. The summed E-state index contributed by atoms with van der Waals surface area (Å²) in [5, 5.41) is 11.0. The molecule has 1 aromatic heterocycles. The van der Waals surface area contributed by atoms with Crippen molar-refractivity contribution in [2.45, 2.75) is 76.0 Å². The number of aromatic amines is 1. The molecule has 23 heavy (non-hydrogen) atoms. The molecule has 0 bridgehead atoms. The normalized spacial score (nSPS) is 12.8. The van der Waals surface area contributed by atoms with Crippen LogP contribution in [0.1, 0.15) is 64.7 Å². The Labute approximate surface area is 144 Å². The van der Waals surface area contributed by atoms with Crippen LogP contribution < -0.4 is 0 Å². The topological polar surface area (TPSA) is 48.9 Å². The first kappa shape index (κ1) is 18.3. The number of aromatic nitrogens is 2. The predicted molar refractivity (Wildman–Crippen MR) is 100 cm³/mol. The average molecular weight is 335 g/mol. The SMILES string of the molecule is CCCCCCCCCCC(O)CSc1nc2ccccc2[nH]1. The first-order chi connectivity index (χ1) is 11.3. The molecular weight excluding hydrogens is 304 g/mol. The zero-order chi connectivity index (χ0) is 16.3. The van der Waals surface area contributed by atoms with Gasteiger partial charge in [0.15, 0.2) is 5.16 Å². The number of fused-ring (bicyclic) bond motifs is 1. The molecule has 0 radical (unpaired) electrons. The quantitative estimate of drug-likeness (QED) is 0.395. The van der Waals surface area contributed by atoms with Crippen LogP contribution in [0.3, 0.4) is 0 Å².